The maximum absolute atomic E-state index is 7.81. The van der Waals surface area contributed by atoms with Gasteiger partial charge in [0.2, 0.25) is 0 Å². The van der Waals surface area contributed by atoms with Crippen LogP contribution in [-0.2, 0) is 0 Å². The Morgan fingerprint density at radius 2 is 1.68 bits per heavy atom. The molecule has 0 aliphatic carbocycles. The van der Waals surface area contributed by atoms with Crippen LogP contribution in [-0.4, -0.2) is 11.3 Å². The van der Waals surface area contributed by atoms with Gasteiger partial charge in [0.25, 0.3) is 0 Å². The van der Waals surface area contributed by atoms with E-state index in [1.165, 1.54) is 11.8 Å². The molecule has 0 saturated heterocycles. The highest BCUT2D eigenvalue weighted by Gasteiger charge is 2.06. The van der Waals surface area contributed by atoms with Crippen LogP contribution >= 0.6 is 35.0 Å². The SMILES string of the molecule is CSC(=N)c1cc(Cl)cc(Oc2ccc(Cl)cc2)c1. The van der Waals surface area contributed by atoms with Crippen molar-refractivity contribution < 1.29 is 4.74 Å². The Morgan fingerprint density at radius 3 is 2.32 bits per heavy atom. The van der Waals surface area contributed by atoms with Gasteiger partial charge in [0.05, 0.1) is 5.04 Å². The Morgan fingerprint density at radius 1 is 1.00 bits per heavy atom. The molecule has 2 aromatic carbocycles. The van der Waals surface area contributed by atoms with Gasteiger partial charge in [-0.3, -0.25) is 5.41 Å². The van der Waals surface area contributed by atoms with E-state index < -0.39 is 0 Å². The zero-order chi connectivity index (χ0) is 13.8. The summed E-state index contributed by atoms with van der Waals surface area (Å²) in [5, 5.41) is 9.46. The molecule has 0 heterocycles. The quantitative estimate of drug-likeness (QED) is 0.602. The molecule has 1 N–H and O–H groups in total. The first-order valence-electron chi connectivity index (χ1n) is 5.45. The Hall–Kier alpha value is -1.16. The number of ether oxygens (including phenoxy) is 1. The molecule has 0 aromatic heterocycles. The van der Waals surface area contributed by atoms with Gasteiger partial charge >= 0.3 is 0 Å². The van der Waals surface area contributed by atoms with E-state index >= 15 is 0 Å². The summed E-state index contributed by atoms with van der Waals surface area (Å²) in [7, 11) is 0. The van der Waals surface area contributed by atoms with Crippen molar-refractivity contribution in [3.05, 3.63) is 58.1 Å². The van der Waals surface area contributed by atoms with E-state index in [9.17, 15) is 0 Å². The third-order valence-electron chi connectivity index (χ3n) is 2.39. The lowest BCUT2D eigenvalue weighted by Crippen LogP contribution is -1.93. The van der Waals surface area contributed by atoms with E-state index in [1.54, 1.807) is 42.5 Å². The molecule has 0 saturated carbocycles. The molecule has 0 amide bonds. The molecule has 19 heavy (non-hydrogen) atoms. The standard InChI is InChI=1S/C14H11Cl2NOS/c1-19-14(17)9-6-11(16)8-13(7-9)18-12-4-2-10(15)3-5-12/h2-8,17H,1H3. The number of rotatable bonds is 3. The van der Waals surface area contributed by atoms with Gasteiger partial charge in [-0.15, -0.1) is 11.8 Å². The van der Waals surface area contributed by atoms with Crippen molar-refractivity contribution in [3.63, 3.8) is 0 Å². The second-order valence-electron chi connectivity index (χ2n) is 3.76. The van der Waals surface area contributed by atoms with Gasteiger partial charge in [-0.05, 0) is 48.7 Å². The summed E-state index contributed by atoms with van der Waals surface area (Å²) in [4.78, 5) is 0. The largest absolute Gasteiger partial charge is 0.457 e. The Kier molecular flexibility index (Phi) is 4.75. The zero-order valence-electron chi connectivity index (χ0n) is 10.1. The number of hydrogen-bond donors (Lipinski definition) is 1. The molecule has 0 aliphatic rings. The summed E-state index contributed by atoms with van der Waals surface area (Å²) >= 11 is 13.2. The van der Waals surface area contributed by atoms with Crippen molar-refractivity contribution in [1.29, 1.82) is 5.41 Å². The van der Waals surface area contributed by atoms with Crippen LogP contribution in [0.5, 0.6) is 11.5 Å². The molecule has 0 spiro atoms. The van der Waals surface area contributed by atoms with Crippen molar-refractivity contribution in [1.82, 2.24) is 0 Å². The molecule has 0 radical (unpaired) electrons. The number of thioether (sulfide) groups is 1. The fraction of sp³-hybridized carbons (Fsp3) is 0.0714. The van der Waals surface area contributed by atoms with Crippen molar-refractivity contribution >= 4 is 40.0 Å². The molecular weight excluding hydrogens is 301 g/mol. The van der Waals surface area contributed by atoms with Crippen LogP contribution in [0.4, 0.5) is 0 Å². The minimum Gasteiger partial charge on any atom is -0.457 e. The summed E-state index contributed by atoms with van der Waals surface area (Å²) in [5.41, 5.74) is 0.740. The minimum atomic E-state index is 0.448. The summed E-state index contributed by atoms with van der Waals surface area (Å²) in [6.45, 7) is 0. The number of benzene rings is 2. The third-order valence-corrected chi connectivity index (χ3v) is 3.50. The lowest BCUT2D eigenvalue weighted by molar-refractivity contribution is 0.482. The Bertz CT molecular complexity index is 599. The van der Waals surface area contributed by atoms with Crippen LogP contribution in [0.15, 0.2) is 42.5 Å². The fourth-order valence-corrected chi connectivity index (χ4v) is 2.21. The number of halogens is 2. The smallest absolute Gasteiger partial charge is 0.129 e. The van der Waals surface area contributed by atoms with Gasteiger partial charge in [-0.2, -0.15) is 0 Å². The second-order valence-corrected chi connectivity index (χ2v) is 5.45. The highest BCUT2D eigenvalue weighted by atomic mass is 35.5. The summed E-state index contributed by atoms with van der Waals surface area (Å²) in [5.74, 6) is 1.27. The molecular formula is C14H11Cl2NOS. The van der Waals surface area contributed by atoms with E-state index in [1.807, 2.05) is 6.26 Å². The third kappa shape index (κ3) is 3.90. The van der Waals surface area contributed by atoms with Gasteiger partial charge < -0.3 is 4.74 Å². The Labute approximate surface area is 126 Å². The van der Waals surface area contributed by atoms with Gasteiger partial charge in [-0.1, -0.05) is 23.2 Å². The zero-order valence-corrected chi connectivity index (χ0v) is 12.4. The lowest BCUT2D eigenvalue weighted by Gasteiger charge is -2.09. The molecule has 2 aromatic rings. The first kappa shape index (κ1) is 14.3. The second kappa shape index (κ2) is 6.33. The Balaban J connectivity index is 2.27. The van der Waals surface area contributed by atoms with E-state index in [-0.39, 0.29) is 0 Å². The van der Waals surface area contributed by atoms with E-state index in [2.05, 4.69) is 0 Å². The van der Waals surface area contributed by atoms with Crippen molar-refractivity contribution in [2.75, 3.05) is 6.26 Å². The molecule has 5 heteroatoms. The highest BCUT2D eigenvalue weighted by Crippen LogP contribution is 2.28. The molecule has 0 aliphatic heterocycles. The first-order valence-corrected chi connectivity index (χ1v) is 7.43. The maximum atomic E-state index is 7.81. The van der Waals surface area contributed by atoms with Gasteiger partial charge in [0.15, 0.2) is 0 Å². The van der Waals surface area contributed by atoms with Gasteiger partial charge in [-0.25, -0.2) is 0 Å². The molecule has 0 unspecified atom stereocenters. The maximum Gasteiger partial charge on any atom is 0.129 e. The van der Waals surface area contributed by atoms with Crippen molar-refractivity contribution in [3.8, 4) is 11.5 Å². The molecule has 0 fully saturated rings. The van der Waals surface area contributed by atoms with Crippen molar-refractivity contribution in [2.24, 2.45) is 0 Å². The highest BCUT2D eigenvalue weighted by molar-refractivity contribution is 8.13. The average Bonchev–Trinajstić information content (AvgIpc) is 2.40. The lowest BCUT2D eigenvalue weighted by atomic mass is 10.2. The first-order chi connectivity index (χ1) is 9.08. The van der Waals surface area contributed by atoms with E-state index in [0.29, 0.717) is 26.6 Å². The summed E-state index contributed by atoms with van der Waals surface area (Å²) < 4.78 is 5.70. The fourth-order valence-electron chi connectivity index (χ4n) is 1.51. The summed E-state index contributed by atoms with van der Waals surface area (Å²) in [6.07, 6.45) is 1.85. The van der Waals surface area contributed by atoms with Crippen molar-refractivity contribution in [2.45, 2.75) is 0 Å². The van der Waals surface area contributed by atoms with Crippen LogP contribution in [0.3, 0.4) is 0 Å². The van der Waals surface area contributed by atoms with Crippen LogP contribution in [0.25, 0.3) is 0 Å². The van der Waals surface area contributed by atoms with Crippen LogP contribution in [0.2, 0.25) is 10.0 Å². The summed E-state index contributed by atoms with van der Waals surface area (Å²) in [6, 6.07) is 12.3. The molecule has 0 atom stereocenters. The van der Waals surface area contributed by atoms with Crippen LogP contribution in [0, 0.1) is 5.41 Å². The van der Waals surface area contributed by atoms with Crippen LogP contribution in [0.1, 0.15) is 5.56 Å². The van der Waals surface area contributed by atoms with Crippen LogP contribution < -0.4 is 4.74 Å². The monoisotopic (exact) mass is 311 g/mol. The predicted octanol–water partition coefficient (Wildman–Crippen LogP) is 5.47. The molecule has 98 valence electrons. The topological polar surface area (TPSA) is 33.1 Å². The normalized spacial score (nSPS) is 10.3. The predicted molar refractivity (Wildman–Crippen MR) is 83.3 cm³/mol. The minimum absolute atomic E-state index is 0.448. The molecule has 0 bridgehead atoms. The molecule has 2 nitrogen and oxygen atoms in total. The van der Waals surface area contributed by atoms with E-state index in [0.717, 1.165) is 5.56 Å². The number of nitrogens with one attached hydrogen (secondary N) is 1. The average molecular weight is 312 g/mol. The van der Waals surface area contributed by atoms with Gasteiger partial charge in [0.1, 0.15) is 11.5 Å². The van der Waals surface area contributed by atoms with E-state index in [4.69, 9.17) is 33.3 Å². The van der Waals surface area contributed by atoms with Gasteiger partial charge in [0, 0.05) is 15.6 Å². The number of hydrogen-bond acceptors (Lipinski definition) is 3. The molecule has 2 rings (SSSR count).